The number of rotatable bonds is 4. The van der Waals surface area contributed by atoms with Crippen molar-refractivity contribution in [3.63, 3.8) is 0 Å². The first-order valence-electron chi connectivity index (χ1n) is 9.83. The van der Waals surface area contributed by atoms with E-state index in [0.717, 1.165) is 11.9 Å². The van der Waals surface area contributed by atoms with Crippen LogP contribution in [-0.2, 0) is 0 Å². The molecule has 1 N–H and O–H groups in total. The van der Waals surface area contributed by atoms with Crippen LogP contribution in [0.2, 0.25) is 0 Å². The fourth-order valence-electron chi connectivity index (χ4n) is 3.41. The molecule has 8 heteroatoms. The number of halogens is 2. The first-order chi connectivity index (χ1) is 15.0. The molecule has 0 spiro atoms. The number of nitrogens with zero attached hydrogens (tertiary/aromatic N) is 3. The highest BCUT2D eigenvalue weighted by atomic mass is 19.1. The van der Waals surface area contributed by atoms with Crippen molar-refractivity contribution < 1.29 is 18.4 Å². The molecule has 2 amide bonds. The van der Waals surface area contributed by atoms with Crippen molar-refractivity contribution in [2.45, 2.75) is 0 Å². The molecule has 1 aliphatic heterocycles. The second-order valence-electron chi connectivity index (χ2n) is 7.13. The summed E-state index contributed by atoms with van der Waals surface area (Å²) in [6, 6.07) is 15.4. The minimum atomic E-state index is -0.859. The van der Waals surface area contributed by atoms with Crippen LogP contribution >= 0.6 is 0 Å². The molecule has 4 rings (SSSR count). The summed E-state index contributed by atoms with van der Waals surface area (Å²) in [4.78, 5) is 32.7. The average Bonchev–Trinajstić information content (AvgIpc) is 2.80. The standard InChI is InChI=1S/C23H20F2N4O2/c24-17-6-8-19(20(25)14-17)23(31)29-12-10-28(11-13-29)21-9-7-18(15-26-21)27-22(30)16-4-2-1-3-5-16/h1-9,14-15H,10-13H2,(H,27,30). The van der Waals surface area contributed by atoms with Gasteiger partial charge in [0.15, 0.2) is 0 Å². The van der Waals surface area contributed by atoms with Crippen LogP contribution in [0.25, 0.3) is 0 Å². The third-order valence-corrected chi connectivity index (χ3v) is 5.09. The summed E-state index contributed by atoms with van der Waals surface area (Å²) >= 11 is 0. The van der Waals surface area contributed by atoms with E-state index in [9.17, 15) is 18.4 Å². The number of aromatic nitrogens is 1. The number of carbonyl (C=O) groups excluding carboxylic acids is 2. The number of nitrogens with one attached hydrogen (secondary N) is 1. The van der Waals surface area contributed by atoms with Crippen LogP contribution in [0, 0.1) is 11.6 Å². The molecule has 2 aromatic carbocycles. The van der Waals surface area contributed by atoms with Gasteiger partial charge in [-0.25, -0.2) is 13.8 Å². The molecule has 1 aromatic heterocycles. The normalized spacial score (nSPS) is 13.7. The van der Waals surface area contributed by atoms with Gasteiger partial charge in [-0.3, -0.25) is 9.59 Å². The SMILES string of the molecule is O=C(Nc1ccc(N2CCN(C(=O)c3ccc(F)cc3F)CC2)nc1)c1ccccc1. The summed E-state index contributed by atoms with van der Waals surface area (Å²) in [7, 11) is 0. The Balaban J connectivity index is 1.34. The number of pyridine rings is 1. The molecular formula is C23H20F2N4O2. The molecule has 0 saturated carbocycles. The van der Waals surface area contributed by atoms with E-state index in [4.69, 9.17) is 0 Å². The fraction of sp³-hybridized carbons (Fsp3) is 0.174. The lowest BCUT2D eigenvalue weighted by Crippen LogP contribution is -2.49. The Bertz CT molecular complexity index is 1080. The first kappa shape index (κ1) is 20.5. The number of piperazine rings is 1. The third kappa shape index (κ3) is 4.69. The lowest BCUT2D eigenvalue weighted by atomic mass is 10.1. The van der Waals surface area contributed by atoms with E-state index in [-0.39, 0.29) is 11.5 Å². The second kappa shape index (κ2) is 8.91. The zero-order chi connectivity index (χ0) is 21.8. The fourth-order valence-corrected chi connectivity index (χ4v) is 3.41. The lowest BCUT2D eigenvalue weighted by Gasteiger charge is -2.35. The Hall–Kier alpha value is -3.81. The van der Waals surface area contributed by atoms with E-state index >= 15 is 0 Å². The minimum Gasteiger partial charge on any atom is -0.353 e. The van der Waals surface area contributed by atoms with Crippen LogP contribution in [0.5, 0.6) is 0 Å². The predicted molar refractivity (Wildman–Crippen MR) is 113 cm³/mol. The highest BCUT2D eigenvalue weighted by molar-refractivity contribution is 6.04. The maximum atomic E-state index is 13.9. The molecule has 0 unspecified atom stereocenters. The van der Waals surface area contributed by atoms with Crippen LogP contribution < -0.4 is 10.2 Å². The van der Waals surface area contributed by atoms with Gasteiger partial charge >= 0.3 is 0 Å². The Morgan fingerprint density at radius 2 is 1.65 bits per heavy atom. The van der Waals surface area contributed by atoms with Gasteiger partial charge in [0.1, 0.15) is 17.5 Å². The van der Waals surface area contributed by atoms with Gasteiger partial charge in [-0.15, -0.1) is 0 Å². The molecule has 3 aromatic rings. The van der Waals surface area contributed by atoms with Crippen LogP contribution in [0.1, 0.15) is 20.7 Å². The van der Waals surface area contributed by atoms with E-state index in [1.807, 2.05) is 11.0 Å². The lowest BCUT2D eigenvalue weighted by molar-refractivity contribution is 0.0741. The van der Waals surface area contributed by atoms with E-state index in [1.54, 1.807) is 47.5 Å². The Kier molecular flexibility index (Phi) is 5.88. The summed E-state index contributed by atoms with van der Waals surface area (Å²) in [6.07, 6.45) is 1.58. The summed E-state index contributed by atoms with van der Waals surface area (Å²) in [5, 5.41) is 2.80. The molecule has 0 atom stereocenters. The van der Waals surface area contributed by atoms with Crippen molar-refractivity contribution in [1.82, 2.24) is 9.88 Å². The van der Waals surface area contributed by atoms with Gasteiger partial charge in [0, 0.05) is 37.8 Å². The average molecular weight is 422 g/mol. The van der Waals surface area contributed by atoms with Crippen molar-refractivity contribution in [3.8, 4) is 0 Å². The molecule has 0 bridgehead atoms. The van der Waals surface area contributed by atoms with Gasteiger partial charge in [-0.1, -0.05) is 18.2 Å². The van der Waals surface area contributed by atoms with Gasteiger partial charge in [0.05, 0.1) is 17.4 Å². The topological polar surface area (TPSA) is 65.5 Å². The molecule has 1 aliphatic rings. The maximum Gasteiger partial charge on any atom is 0.256 e. The van der Waals surface area contributed by atoms with E-state index in [2.05, 4.69) is 10.3 Å². The Labute approximate surface area is 178 Å². The van der Waals surface area contributed by atoms with Crippen molar-refractivity contribution in [2.24, 2.45) is 0 Å². The monoisotopic (exact) mass is 422 g/mol. The Morgan fingerprint density at radius 3 is 2.29 bits per heavy atom. The van der Waals surface area contributed by atoms with Crippen molar-refractivity contribution in [1.29, 1.82) is 0 Å². The van der Waals surface area contributed by atoms with Crippen molar-refractivity contribution >= 4 is 23.3 Å². The van der Waals surface area contributed by atoms with Crippen molar-refractivity contribution in [3.05, 3.63) is 89.6 Å². The molecule has 0 aliphatic carbocycles. The maximum absolute atomic E-state index is 13.9. The highest BCUT2D eigenvalue weighted by Crippen LogP contribution is 2.19. The number of benzene rings is 2. The van der Waals surface area contributed by atoms with Crippen molar-refractivity contribution in [2.75, 3.05) is 36.4 Å². The number of carbonyl (C=O) groups is 2. The molecule has 158 valence electrons. The Morgan fingerprint density at radius 1 is 0.903 bits per heavy atom. The van der Waals surface area contributed by atoms with Gasteiger partial charge in [0.2, 0.25) is 0 Å². The molecule has 2 heterocycles. The van der Waals surface area contributed by atoms with Crippen LogP contribution in [-0.4, -0.2) is 47.9 Å². The molecular weight excluding hydrogens is 402 g/mol. The zero-order valence-corrected chi connectivity index (χ0v) is 16.6. The summed E-state index contributed by atoms with van der Waals surface area (Å²) in [5.41, 5.74) is 1.01. The van der Waals surface area contributed by atoms with E-state index in [1.165, 1.54) is 6.07 Å². The summed E-state index contributed by atoms with van der Waals surface area (Å²) in [5.74, 6) is -1.52. The van der Waals surface area contributed by atoms with E-state index < -0.39 is 17.5 Å². The van der Waals surface area contributed by atoms with Crippen LogP contribution in [0.15, 0.2) is 66.9 Å². The molecule has 31 heavy (non-hydrogen) atoms. The van der Waals surface area contributed by atoms with Gasteiger partial charge in [0.25, 0.3) is 11.8 Å². The summed E-state index contributed by atoms with van der Waals surface area (Å²) < 4.78 is 27.0. The molecule has 6 nitrogen and oxygen atoms in total. The first-order valence-corrected chi connectivity index (χ1v) is 9.83. The zero-order valence-electron chi connectivity index (χ0n) is 16.6. The number of amides is 2. The number of anilines is 2. The number of hydrogen-bond acceptors (Lipinski definition) is 4. The van der Waals surface area contributed by atoms with Gasteiger partial charge < -0.3 is 15.1 Å². The molecule has 0 radical (unpaired) electrons. The highest BCUT2D eigenvalue weighted by Gasteiger charge is 2.25. The number of hydrogen-bond donors (Lipinski definition) is 1. The van der Waals surface area contributed by atoms with Crippen LogP contribution in [0.4, 0.5) is 20.3 Å². The van der Waals surface area contributed by atoms with Crippen LogP contribution in [0.3, 0.4) is 0 Å². The van der Waals surface area contributed by atoms with E-state index in [0.29, 0.717) is 43.5 Å². The summed E-state index contributed by atoms with van der Waals surface area (Å²) in [6.45, 7) is 1.84. The third-order valence-electron chi connectivity index (χ3n) is 5.09. The molecule has 1 fully saturated rings. The largest absolute Gasteiger partial charge is 0.353 e. The smallest absolute Gasteiger partial charge is 0.256 e. The minimum absolute atomic E-state index is 0.133. The molecule has 1 saturated heterocycles. The second-order valence-corrected chi connectivity index (χ2v) is 7.13. The quantitative estimate of drug-likeness (QED) is 0.698. The van der Waals surface area contributed by atoms with Gasteiger partial charge in [-0.2, -0.15) is 0 Å². The predicted octanol–water partition coefficient (Wildman–Crippen LogP) is 3.57. The van der Waals surface area contributed by atoms with Gasteiger partial charge in [-0.05, 0) is 36.4 Å².